The van der Waals surface area contributed by atoms with Crippen LogP contribution in [0, 0.1) is 11.6 Å². The van der Waals surface area contributed by atoms with Gasteiger partial charge in [0.25, 0.3) is 0 Å². The van der Waals surface area contributed by atoms with E-state index in [1.54, 1.807) is 4.90 Å². The third-order valence-corrected chi connectivity index (χ3v) is 5.02. The minimum Gasteiger partial charge on any atom is -0.347 e. The van der Waals surface area contributed by atoms with Crippen molar-refractivity contribution >= 4 is 17.7 Å². The largest absolute Gasteiger partial charge is 0.347 e. The van der Waals surface area contributed by atoms with E-state index in [9.17, 15) is 13.6 Å². The van der Waals surface area contributed by atoms with Crippen molar-refractivity contribution in [3.05, 3.63) is 35.4 Å². The fourth-order valence-corrected chi connectivity index (χ4v) is 3.75. The van der Waals surface area contributed by atoms with Crippen LogP contribution in [-0.4, -0.2) is 36.2 Å². The highest BCUT2D eigenvalue weighted by Gasteiger charge is 2.40. The standard InChI is InChI=1S/C14H18F2N2OS/c1-3-12-13(19)18(7-6-17-2)14(20-12)10-5-4-9(15)8-11(10)16/h4-5,8,12,14,17H,3,6-7H2,1-2H3/p+1/t12-,14+/m1/s1. The number of carbonyl (C=O) groups is 1. The minimum atomic E-state index is -0.596. The van der Waals surface area contributed by atoms with Gasteiger partial charge in [0, 0.05) is 11.6 Å². The van der Waals surface area contributed by atoms with Crippen LogP contribution in [0.25, 0.3) is 0 Å². The second kappa shape index (κ2) is 6.54. The lowest BCUT2D eigenvalue weighted by atomic mass is 10.1. The Labute approximate surface area is 121 Å². The van der Waals surface area contributed by atoms with Gasteiger partial charge in [0.1, 0.15) is 17.0 Å². The fourth-order valence-electron chi connectivity index (χ4n) is 2.30. The molecule has 1 saturated heterocycles. The van der Waals surface area contributed by atoms with Crippen LogP contribution in [0.1, 0.15) is 24.3 Å². The molecule has 6 heteroatoms. The summed E-state index contributed by atoms with van der Waals surface area (Å²) < 4.78 is 27.0. The van der Waals surface area contributed by atoms with Gasteiger partial charge in [-0.2, -0.15) is 0 Å². The first-order chi connectivity index (χ1) is 9.58. The van der Waals surface area contributed by atoms with Gasteiger partial charge < -0.3 is 10.2 Å². The van der Waals surface area contributed by atoms with Gasteiger partial charge in [-0.25, -0.2) is 8.78 Å². The molecule has 2 N–H and O–H groups in total. The van der Waals surface area contributed by atoms with Gasteiger partial charge in [0.05, 0.1) is 25.4 Å². The van der Waals surface area contributed by atoms with Gasteiger partial charge in [-0.1, -0.05) is 13.0 Å². The van der Waals surface area contributed by atoms with Crippen molar-refractivity contribution < 1.29 is 18.9 Å². The molecule has 0 aliphatic carbocycles. The molecule has 0 saturated carbocycles. The SMILES string of the molecule is CC[C@H]1S[C@@H](c2ccc(F)cc2F)N(CC[NH2+]C)C1=O. The highest BCUT2D eigenvalue weighted by atomic mass is 32.2. The molecular weight excluding hydrogens is 282 g/mol. The van der Waals surface area contributed by atoms with Crippen LogP contribution < -0.4 is 5.32 Å². The second-order valence-electron chi connectivity index (χ2n) is 4.78. The molecule has 0 bridgehead atoms. The number of amides is 1. The first-order valence-corrected chi connectivity index (χ1v) is 7.71. The van der Waals surface area contributed by atoms with E-state index in [0.717, 1.165) is 19.0 Å². The average Bonchev–Trinajstić information content (AvgIpc) is 2.73. The summed E-state index contributed by atoms with van der Waals surface area (Å²) in [5, 5.41) is 1.49. The summed E-state index contributed by atoms with van der Waals surface area (Å²) in [5.74, 6) is -1.13. The van der Waals surface area contributed by atoms with Gasteiger partial charge in [-0.05, 0) is 12.5 Å². The van der Waals surface area contributed by atoms with Crippen molar-refractivity contribution in [1.82, 2.24) is 4.90 Å². The molecule has 1 amide bonds. The summed E-state index contributed by atoms with van der Waals surface area (Å²) in [6.45, 7) is 3.28. The van der Waals surface area contributed by atoms with E-state index in [2.05, 4.69) is 0 Å². The molecule has 0 unspecified atom stereocenters. The highest BCUT2D eigenvalue weighted by Crippen LogP contribution is 2.44. The Morgan fingerprint density at radius 2 is 2.15 bits per heavy atom. The zero-order chi connectivity index (χ0) is 14.7. The number of benzene rings is 1. The predicted octanol–water partition coefficient (Wildman–Crippen LogP) is 1.51. The number of likely N-dealkylation sites (N-methyl/N-ethyl adjacent to an activating group) is 1. The van der Waals surface area contributed by atoms with E-state index in [-0.39, 0.29) is 16.5 Å². The molecule has 0 radical (unpaired) electrons. The molecular formula is C14H19F2N2OS+. The molecule has 2 rings (SSSR count). The van der Waals surface area contributed by atoms with Crippen LogP contribution in [0.5, 0.6) is 0 Å². The van der Waals surface area contributed by atoms with Gasteiger partial charge >= 0.3 is 0 Å². The van der Waals surface area contributed by atoms with E-state index in [1.165, 1.54) is 23.9 Å². The molecule has 2 atom stereocenters. The maximum Gasteiger partial charge on any atom is 0.237 e. The molecule has 110 valence electrons. The van der Waals surface area contributed by atoms with Crippen LogP contribution in [0.4, 0.5) is 8.78 Å². The molecule has 1 fully saturated rings. The Balaban J connectivity index is 2.29. The molecule has 0 aromatic heterocycles. The quantitative estimate of drug-likeness (QED) is 0.895. The normalized spacial score (nSPS) is 22.6. The van der Waals surface area contributed by atoms with Crippen molar-refractivity contribution in [3.8, 4) is 0 Å². The lowest BCUT2D eigenvalue weighted by molar-refractivity contribution is -0.626. The number of nitrogens with zero attached hydrogens (tertiary/aromatic N) is 1. The average molecular weight is 301 g/mol. The summed E-state index contributed by atoms with van der Waals surface area (Å²) >= 11 is 1.45. The van der Waals surface area contributed by atoms with Crippen molar-refractivity contribution in [2.24, 2.45) is 0 Å². The van der Waals surface area contributed by atoms with E-state index >= 15 is 0 Å². The molecule has 20 heavy (non-hydrogen) atoms. The first kappa shape index (κ1) is 15.3. The van der Waals surface area contributed by atoms with Gasteiger partial charge in [0.2, 0.25) is 5.91 Å². The number of hydrogen-bond donors (Lipinski definition) is 1. The van der Waals surface area contributed by atoms with Gasteiger partial charge in [-0.15, -0.1) is 11.8 Å². The number of nitrogens with two attached hydrogens (primary N) is 1. The third-order valence-electron chi connectivity index (χ3n) is 3.39. The van der Waals surface area contributed by atoms with Crippen molar-refractivity contribution in [2.75, 3.05) is 20.1 Å². The van der Waals surface area contributed by atoms with Crippen LogP contribution >= 0.6 is 11.8 Å². The predicted molar refractivity (Wildman–Crippen MR) is 75.2 cm³/mol. The third kappa shape index (κ3) is 2.96. The summed E-state index contributed by atoms with van der Waals surface area (Å²) in [4.78, 5) is 14.0. The molecule has 0 spiro atoms. The van der Waals surface area contributed by atoms with Gasteiger partial charge in [0.15, 0.2) is 0 Å². The van der Waals surface area contributed by atoms with Crippen LogP contribution in [0.2, 0.25) is 0 Å². The fraction of sp³-hybridized carbons (Fsp3) is 0.500. The topological polar surface area (TPSA) is 36.9 Å². The molecule has 1 aliphatic heterocycles. The van der Waals surface area contributed by atoms with Crippen molar-refractivity contribution in [2.45, 2.75) is 24.0 Å². The highest BCUT2D eigenvalue weighted by molar-refractivity contribution is 8.01. The number of thioether (sulfide) groups is 1. The summed E-state index contributed by atoms with van der Waals surface area (Å²) in [6.07, 6.45) is 0.717. The van der Waals surface area contributed by atoms with Crippen LogP contribution in [0.3, 0.4) is 0 Å². The van der Waals surface area contributed by atoms with E-state index in [0.29, 0.717) is 12.1 Å². The number of rotatable bonds is 5. The van der Waals surface area contributed by atoms with Crippen molar-refractivity contribution in [1.29, 1.82) is 0 Å². The van der Waals surface area contributed by atoms with Crippen LogP contribution in [0.15, 0.2) is 18.2 Å². The number of halogens is 2. The van der Waals surface area contributed by atoms with E-state index in [4.69, 9.17) is 0 Å². The molecule has 1 aromatic carbocycles. The van der Waals surface area contributed by atoms with E-state index < -0.39 is 11.6 Å². The minimum absolute atomic E-state index is 0.0491. The second-order valence-corrected chi connectivity index (χ2v) is 6.07. The Kier molecular flexibility index (Phi) is 4.99. The summed E-state index contributed by atoms with van der Waals surface area (Å²) in [7, 11) is 1.93. The molecule has 3 nitrogen and oxygen atoms in total. The molecule has 1 aromatic rings. The Bertz CT molecular complexity index is 498. The zero-order valence-electron chi connectivity index (χ0n) is 11.6. The number of quaternary nitrogens is 1. The number of carbonyl (C=O) groups excluding carboxylic acids is 1. The molecule has 1 heterocycles. The lowest BCUT2D eigenvalue weighted by Gasteiger charge is -2.23. The maximum atomic E-state index is 14.0. The Hall–Kier alpha value is -1.14. The Morgan fingerprint density at radius 1 is 1.40 bits per heavy atom. The summed E-state index contributed by atoms with van der Waals surface area (Å²) in [5.41, 5.74) is 0.386. The molecule has 1 aliphatic rings. The number of hydrogen-bond acceptors (Lipinski definition) is 2. The van der Waals surface area contributed by atoms with Crippen molar-refractivity contribution in [3.63, 3.8) is 0 Å². The smallest absolute Gasteiger partial charge is 0.237 e. The summed E-state index contributed by atoms with van der Waals surface area (Å²) in [6, 6.07) is 3.56. The van der Waals surface area contributed by atoms with Crippen LogP contribution in [-0.2, 0) is 4.79 Å². The van der Waals surface area contributed by atoms with Gasteiger partial charge in [-0.3, -0.25) is 4.79 Å². The van der Waals surface area contributed by atoms with E-state index in [1.807, 2.05) is 19.3 Å². The monoisotopic (exact) mass is 301 g/mol. The zero-order valence-corrected chi connectivity index (χ0v) is 12.4. The maximum absolute atomic E-state index is 14.0. The lowest BCUT2D eigenvalue weighted by Crippen LogP contribution is -2.81. The Morgan fingerprint density at radius 3 is 2.75 bits per heavy atom. The first-order valence-electron chi connectivity index (χ1n) is 6.77.